The lowest BCUT2D eigenvalue weighted by Gasteiger charge is -2.30. The SMILES string of the molecule is CCCO[C@@H]1CC[C@H](C)[C@@H](O)C1. The molecule has 72 valence electrons. The maximum atomic E-state index is 9.57. The van der Waals surface area contributed by atoms with Crippen LogP contribution in [-0.2, 0) is 4.74 Å². The van der Waals surface area contributed by atoms with E-state index in [0.29, 0.717) is 12.0 Å². The third-order valence-electron chi connectivity index (χ3n) is 2.66. The van der Waals surface area contributed by atoms with Gasteiger partial charge in [0.15, 0.2) is 0 Å². The van der Waals surface area contributed by atoms with Crippen LogP contribution in [0.25, 0.3) is 0 Å². The van der Waals surface area contributed by atoms with Gasteiger partial charge in [0, 0.05) is 6.61 Å². The Morgan fingerprint density at radius 3 is 2.75 bits per heavy atom. The molecule has 0 aromatic heterocycles. The highest BCUT2D eigenvalue weighted by molar-refractivity contribution is 4.77. The van der Waals surface area contributed by atoms with E-state index in [4.69, 9.17) is 4.74 Å². The Balaban J connectivity index is 2.21. The third kappa shape index (κ3) is 2.76. The lowest BCUT2D eigenvalue weighted by Crippen LogP contribution is -2.32. The van der Waals surface area contributed by atoms with Crippen LogP contribution in [0.4, 0.5) is 0 Å². The Kier molecular flexibility index (Phi) is 4.02. The zero-order valence-electron chi connectivity index (χ0n) is 8.12. The largest absolute Gasteiger partial charge is 0.393 e. The van der Waals surface area contributed by atoms with Gasteiger partial charge in [-0.3, -0.25) is 0 Å². The third-order valence-corrected chi connectivity index (χ3v) is 2.66. The second kappa shape index (κ2) is 4.83. The van der Waals surface area contributed by atoms with Crippen molar-refractivity contribution in [3.05, 3.63) is 0 Å². The number of hydrogen-bond donors (Lipinski definition) is 1. The van der Waals surface area contributed by atoms with E-state index < -0.39 is 0 Å². The molecular weight excluding hydrogens is 152 g/mol. The molecule has 1 aliphatic rings. The molecule has 0 aliphatic heterocycles. The van der Waals surface area contributed by atoms with Gasteiger partial charge in [-0.2, -0.15) is 0 Å². The minimum absolute atomic E-state index is 0.138. The molecule has 1 saturated carbocycles. The van der Waals surface area contributed by atoms with Crippen LogP contribution in [0, 0.1) is 5.92 Å². The standard InChI is InChI=1S/C10H20O2/c1-3-6-12-9-5-4-8(2)10(11)7-9/h8-11H,3-7H2,1-2H3/t8-,9+,10-/m0/s1. The molecule has 1 N–H and O–H groups in total. The number of aliphatic hydroxyl groups is 1. The first-order valence-corrected chi connectivity index (χ1v) is 5.03. The highest BCUT2D eigenvalue weighted by atomic mass is 16.5. The fourth-order valence-electron chi connectivity index (χ4n) is 1.70. The summed E-state index contributed by atoms with van der Waals surface area (Å²) in [7, 11) is 0. The monoisotopic (exact) mass is 172 g/mol. The lowest BCUT2D eigenvalue weighted by atomic mass is 9.86. The second-order valence-electron chi connectivity index (χ2n) is 3.85. The summed E-state index contributed by atoms with van der Waals surface area (Å²) in [5, 5.41) is 9.57. The molecule has 1 aliphatic carbocycles. The van der Waals surface area contributed by atoms with Crippen molar-refractivity contribution < 1.29 is 9.84 Å². The van der Waals surface area contributed by atoms with Crippen LogP contribution in [0.2, 0.25) is 0 Å². The molecular formula is C10H20O2. The summed E-state index contributed by atoms with van der Waals surface area (Å²) in [5.41, 5.74) is 0. The smallest absolute Gasteiger partial charge is 0.0600 e. The molecule has 0 bridgehead atoms. The van der Waals surface area contributed by atoms with Crippen molar-refractivity contribution in [2.24, 2.45) is 5.92 Å². The van der Waals surface area contributed by atoms with Gasteiger partial charge in [0.05, 0.1) is 12.2 Å². The highest BCUT2D eigenvalue weighted by Crippen LogP contribution is 2.26. The molecule has 0 radical (unpaired) electrons. The van der Waals surface area contributed by atoms with E-state index in [1.54, 1.807) is 0 Å². The zero-order valence-corrected chi connectivity index (χ0v) is 8.12. The van der Waals surface area contributed by atoms with E-state index in [9.17, 15) is 5.11 Å². The van der Waals surface area contributed by atoms with Gasteiger partial charge in [-0.1, -0.05) is 13.8 Å². The normalized spacial score (nSPS) is 36.8. The van der Waals surface area contributed by atoms with Crippen molar-refractivity contribution in [2.75, 3.05) is 6.61 Å². The van der Waals surface area contributed by atoms with E-state index in [0.717, 1.165) is 32.3 Å². The maximum absolute atomic E-state index is 9.57. The Morgan fingerprint density at radius 2 is 2.17 bits per heavy atom. The van der Waals surface area contributed by atoms with Crippen LogP contribution in [0.5, 0.6) is 0 Å². The van der Waals surface area contributed by atoms with Gasteiger partial charge in [-0.15, -0.1) is 0 Å². The van der Waals surface area contributed by atoms with Crippen molar-refractivity contribution in [3.63, 3.8) is 0 Å². The molecule has 2 heteroatoms. The molecule has 0 heterocycles. The van der Waals surface area contributed by atoms with Crippen molar-refractivity contribution in [1.82, 2.24) is 0 Å². The summed E-state index contributed by atoms with van der Waals surface area (Å²) in [6.07, 6.45) is 4.31. The summed E-state index contributed by atoms with van der Waals surface area (Å²) < 4.78 is 5.59. The fourth-order valence-corrected chi connectivity index (χ4v) is 1.70. The van der Waals surface area contributed by atoms with Crippen molar-refractivity contribution in [2.45, 2.75) is 51.7 Å². The Morgan fingerprint density at radius 1 is 1.42 bits per heavy atom. The highest BCUT2D eigenvalue weighted by Gasteiger charge is 2.25. The van der Waals surface area contributed by atoms with Gasteiger partial charge >= 0.3 is 0 Å². The van der Waals surface area contributed by atoms with Crippen LogP contribution in [0.15, 0.2) is 0 Å². The Labute approximate surface area is 74.9 Å². The number of hydrogen-bond acceptors (Lipinski definition) is 2. The van der Waals surface area contributed by atoms with Gasteiger partial charge in [0.1, 0.15) is 0 Å². The average molecular weight is 172 g/mol. The van der Waals surface area contributed by atoms with E-state index in [1.165, 1.54) is 0 Å². The predicted octanol–water partition coefficient (Wildman–Crippen LogP) is 1.96. The van der Waals surface area contributed by atoms with Crippen LogP contribution < -0.4 is 0 Å². The van der Waals surface area contributed by atoms with Gasteiger partial charge in [-0.05, 0) is 31.6 Å². The summed E-state index contributed by atoms with van der Waals surface area (Å²) >= 11 is 0. The van der Waals surface area contributed by atoms with Gasteiger partial charge < -0.3 is 9.84 Å². The summed E-state index contributed by atoms with van der Waals surface area (Å²) in [4.78, 5) is 0. The van der Waals surface area contributed by atoms with Gasteiger partial charge in [0.25, 0.3) is 0 Å². The van der Waals surface area contributed by atoms with Crippen molar-refractivity contribution in [3.8, 4) is 0 Å². The lowest BCUT2D eigenvalue weighted by molar-refractivity contribution is -0.0349. The summed E-state index contributed by atoms with van der Waals surface area (Å²) in [6.45, 7) is 5.06. The quantitative estimate of drug-likeness (QED) is 0.705. The van der Waals surface area contributed by atoms with Crippen LogP contribution in [0.1, 0.15) is 39.5 Å². The Bertz CT molecular complexity index is 123. The van der Waals surface area contributed by atoms with E-state index in [-0.39, 0.29) is 6.10 Å². The van der Waals surface area contributed by atoms with E-state index in [2.05, 4.69) is 13.8 Å². The van der Waals surface area contributed by atoms with E-state index >= 15 is 0 Å². The molecule has 1 fully saturated rings. The molecule has 1 rings (SSSR count). The maximum Gasteiger partial charge on any atom is 0.0600 e. The first-order valence-electron chi connectivity index (χ1n) is 5.03. The van der Waals surface area contributed by atoms with Crippen molar-refractivity contribution >= 4 is 0 Å². The van der Waals surface area contributed by atoms with Crippen LogP contribution in [-0.4, -0.2) is 23.9 Å². The van der Waals surface area contributed by atoms with Crippen LogP contribution in [0.3, 0.4) is 0 Å². The van der Waals surface area contributed by atoms with Gasteiger partial charge in [-0.25, -0.2) is 0 Å². The van der Waals surface area contributed by atoms with Crippen LogP contribution >= 0.6 is 0 Å². The molecule has 0 spiro atoms. The number of aliphatic hydroxyl groups excluding tert-OH is 1. The molecule has 0 amide bonds. The molecule has 12 heavy (non-hydrogen) atoms. The second-order valence-corrected chi connectivity index (χ2v) is 3.85. The first kappa shape index (κ1) is 10.0. The van der Waals surface area contributed by atoms with E-state index in [1.807, 2.05) is 0 Å². The molecule has 0 unspecified atom stereocenters. The predicted molar refractivity (Wildman–Crippen MR) is 49.1 cm³/mol. The van der Waals surface area contributed by atoms with Crippen molar-refractivity contribution in [1.29, 1.82) is 0 Å². The topological polar surface area (TPSA) is 29.5 Å². The van der Waals surface area contributed by atoms with Gasteiger partial charge in [0.2, 0.25) is 0 Å². The Hall–Kier alpha value is -0.0800. The molecule has 2 nitrogen and oxygen atoms in total. The molecule has 0 saturated heterocycles. The fraction of sp³-hybridized carbons (Fsp3) is 1.00. The first-order chi connectivity index (χ1) is 5.74. The summed E-state index contributed by atoms with van der Waals surface area (Å²) in [5.74, 6) is 0.464. The minimum Gasteiger partial charge on any atom is -0.393 e. The summed E-state index contributed by atoms with van der Waals surface area (Å²) in [6, 6.07) is 0. The number of ether oxygens (including phenoxy) is 1. The molecule has 3 atom stereocenters. The molecule has 0 aromatic rings. The zero-order chi connectivity index (χ0) is 8.97. The minimum atomic E-state index is -0.138. The average Bonchev–Trinajstić information content (AvgIpc) is 2.07. The number of rotatable bonds is 3. The molecule has 0 aromatic carbocycles.